The summed E-state index contributed by atoms with van der Waals surface area (Å²) in [6.45, 7) is 1.43. The van der Waals surface area contributed by atoms with E-state index in [2.05, 4.69) is 0 Å². The number of thioether (sulfide) groups is 1. The van der Waals surface area contributed by atoms with Crippen molar-refractivity contribution in [3.05, 3.63) is 21.6 Å². The summed E-state index contributed by atoms with van der Waals surface area (Å²) in [6.07, 6.45) is 0. The van der Waals surface area contributed by atoms with Crippen molar-refractivity contribution in [2.24, 2.45) is 0 Å². The van der Waals surface area contributed by atoms with E-state index in [1.54, 1.807) is 5.38 Å². The summed E-state index contributed by atoms with van der Waals surface area (Å²) in [5, 5.41) is 21.6. The minimum Gasteiger partial charge on any atom is -0.549 e. The highest BCUT2D eigenvalue weighted by Crippen LogP contribution is 2.36. The van der Waals surface area contributed by atoms with E-state index in [1.807, 2.05) is 0 Å². The van der Waals surface area contributed by atoms with Crippen molar-refractivity contribution >= 4 is 34.1 Å². The summed E-state index contributed by atoms with van der Waals surface area (Å²) < 4.78 is 0. The van der Waals surface area contributed by atoms with E-state index in [4.69, 9.17) is 0 Å². The molecule has 0 N–H and O–H groups in total. The quantitative estimate of drug-likeness (QED) is 0.437. The monoisotopic (exact) mass is 232 g/mol. The van der Waals surface area contributed by atoms with Gasteiger partial charge in [0, 0.05) is 5.25 Å². The predicted octanol–water partition coefficient (Wildman–Crippen LogP) is 0.887. The van der Waals surface area contributed by atoms with Crippen LogP contribution >= 0.6 is 23.1 Å². The van der Waals surface area contributed by atoms with Crippen LogP contribution in [0.2, 0.25) is 0 Å². The number of thiophene rings is 1. The average molecular weight is 232 g/mol. The van der Waals surface area contributed by atoms with Gasteiger partial charge in [-0.3, -0.25) is 10.1 Å². The molecule has 0 aromatic carbocycles. The van der Waals surface area contributed by atoms with Gasteiger partial charge in [0.05, 0.1) is 15.8 Å². The molecule has 0 aliphatic heterocycles. The highest BCUT2D eigenvalue weighted by molar-refractivity contribution is 8.00. The van der Waals surface area contributed by atoms with E-state index in [-0.39, 0.29) is 5.00 Å². The summed E-state index contributed by atoms with van der Waals surface area (Å²) in [7, 11) is 0. The number of carboxylic acid groups (broad SMARTS) is 1. The highest BCUT2D eigenvalue weighted by Gasteiger charge is 2.18. The number of nitrogens with zero attached hydrogens (tertiary/aromatic N) is 1. The van der Waals surface area contributed by atoms with E-state index in [1.165, 1.54) is 13.0 Å². The third kappa shape index (κ3) is 2.46. The van der Waals surface area contributed by atoms with Crippen molar-refractivity contribution in [2.45, 2.75) is 17.1 Å². The van der Waals surface area contributed by atoms with Gasteiger partial charge in [0.25, 0.3) is 0 Å². The summed E-state index contributed by atoms with van der Waals surface area (Å²) >= 11 is 1.90. The maximum Gasteiger partial charge on any atom is 0.337 e. The van der Waals surface area contributed by atoms with Crippen molar-refractivity contribution in [3.63, 3.8) is 0 Å². The van der Waals surface area contributed by atoms with Gasteiger partial charge in [-0.2, -0.15) is 0 Å². The second-order valence-electron chi connectivity index (χ2n) is 2.43. The van der Waals surface area contributed by atoms with E-state index >= 15 is 0 Å². The number of rotatable bonds is 4. The molecular weight excluding hydrogens is 226 g/mol. The second-order valence-corrected chi connectivity index (χ2v) is 4.70. The third-order valence-corrected chi connectivity index (χ3v) is 3.53. The molecule has 1 atom stereocenters. The molecule has 1 aromatic rings. The summed E-state index contributed by atoms with van der Waals surface area (Å²) in [5.41, 5.74) is 0. The number of carboxylic acids is 1. The smallest absolute Gasteiger partial charge is 0.337 e. The van der Waals surface area contributed by atoms with Crippen LogP contribution in [0.3, 0.4) is 0 Å². The first kappa shape index (κ1) is 11.0. The van der Waals surface area contributed by atoms with E-state index in [0.29, 0.717) is 4.90 Å². The average Bonchev–Trinajstić information content (AvgIpc) is 2.52. The van der Waals surface area contributed by atoms with Crippen LogP contribution < -0.4 is 5.11 Å². The Balaban J connectivity index is 2.81. The molecule has 0 saturated carbocycles. The van der Waals surface area contributed by atoms with Gasteiger partial charge >= 0.3 is 5.00 Å². The first-order chi connectivity index (χ1) is 6.52. The first-order valence-corrected chi connectivity index (χ1v) is 5.37. The molecule has 76 valence electrons. The Labute approximate surface area is 87.9 Å². The topological polar surface area (TPSA) is 83.3 Å². The molecule has 0 amide bonds. The van der Waals surface area contributed by atoms with Crippen LogP contribution in [0.15, 0.2) is 16.3 Å². The zero-order chi connectivity index (χ0) is 10.7. The third-order valence-electron chi connectivity index (χ3n) is 1.41. The lowest BCUT2D eigenvalue weighted by Gasteiger charge is -2.09. The van der Waals surface area contributed by atoms with E-state index in [0.717, 1.165) is 23.1 Å². The SMILES string of the molecule is CC(Sc1ccsc1[N+](=O)[O-])C(=O)[O-]. The Kier molecular flexibility index (Phi) is 3.48. The predicted molar refractivity (Wildman–Crippen MR) is 51.3 cm³/mol. The Morgan fingerprint density at radius 1 is 1.71 bits per heavy atom. The van der Waals surface area contributed by atoms with Gasteiger partial charge < -0.3 is 9.90 Å². The molecule has 14 heavy (non-hydrogen) atoms. The number of hydrogen-bond donors (Lipinski definition) is 0. The summed E-state index contributed by atoms with van der Waals surface area (Å²) in [5.74, 6) is -1.23. The van der Waals surface area contributed by atoms with Gasteiger partial charge in [0.15, 0.2) is 0 Å². The molecule has 1 unspecified atom stereocenters. The minimum atomic E-state index is -1.23. The molecule has 0 fully saturated rings. The second kappa shape index (κ2) is 4.43. The van der Waals surface area contributed by atoms with Crippen molar-refractivity contribution in [1.82, 2.24) is 0 Å². The first-order valence-electron chi connectivity index (χ1n) is 3.61. The van der Waals surface area contributed by atoms with Crippen LogP contribution in [0.5, 0.6) is 0 Å². The normalized spacial score (nSPS) is 12.4. The summed E-state index contributed by atoms with van der Waals surface area (Å²) in [4.78, 5) is 20.7. The van der Waals surface area contributed by atoms with Crippen LogP contribution in [-0.2, 0) is 4.79 Å². The van der Waals surface area contributed by atoms with Gasteiger partial charge in [-0.25, -0.2) is 0 Å². The number of carbonyl (C=O) groups is 1. The maximum atomic E-state index is 10.5. The molecule has 0 aliphatic carbocycles. The number of nitro groups is 1. The molecule has 0 radical (unpaired) electrons. The molecule has 0 bridgehead atoms. The zero-order valence-electron chi connectivity index (χ0n) is 7.13. The van der Waals surface area contributed by atoms with Gasteiger partial charge in [0.1, 0.15) is 0 Å². The molecule has 7 heteroatoms. The fraction of sp³-hybridized carbons (Fsp3) is 0.286. The lowest BCUT2D eigenvalue weighted by molar-refractivity contribution is -0.382. The van der Waals surface area contributed by atoms with Crippen LogP contribution in [0.4, 0.5) is 5.00 Å². The number of aliphatic carboxylic acids is 1. The Hall–Kier alpha value is -1.08. The molecule has 0 saturated heterocycles. The lowest BCUT2D eigenvalue weighted by atomic mass is 10.5. The van der Waals surface area contributed by atoms with Crippen LogP contribution in [0.25, 0.3) is 0 Å². The summed E-state index contributed by atoms with van der Waals surface area (Å²) in [6, 6.07) is 1.53. The van der Waals surface area contributed by atoms with Gasteiger partial charge in [-0.15, -0.1) is 11.8 Å². The molecule has 1 heterocycles. The largest absolute Gasteiger partial charge is 0.549 e. The fourth-order valence-corrected chi connectivity index (χ4v) is 2.53. The molecule has 1 aromatic heterocycles. The molecule has 5 nitrogen and oxygen atoms in total. The molecule has 0 spiro atoms. The number of hydrogen-bond acceptors (Lipinski definition) is 6. The Bertz CT molecular complexity index is 362. The van der Waals surface area contributed by atoms with Gasteiger partial charge in [-0.1, -0.05) is 11.3 Å². The Morgan fingerprint density at radius 3 is 2.86 bits per heavy atom. The standard InChI is InChI=1S/C7H7NO4S2/c1-4(7(9)10)14-5-2-3-13-6(5)8(11)12/h2-4H,1H3,(H,9,10)/p-1. The van der Waals surface area contributed by atoms with Crippen molar-refractivity contribution in [3.8, 4) is 0 Å². The zero-order valence-corrected chi connectivity index (χ0v) is 8.76. The highest BCUT2D eigenvalue weighted by atomic mass is 32.2. The maximum absolute atomic E-state index is 10.5. The van der Waals surface area contributed by atoms with Crippen molar-refractivity contribution in [2.75, 3.05) is 0 Å². The number of carbonyl (C=O) groups excluding carboxylic acids is 1. The minimum absolute atomic E-state index is 0.0249. The Morgan fingerprint density at radius 2 is 2.36 bits per heavy atom. The van der Waals surface area contributed by atoms with Crippen LogP contribution in [0.1, 0.15) is 6.92 Å². The molecular formula is C7H6NO4S2-. The van der Waals surface area contributed by atoms with E-state index < -0.39 is 16.1 Å². The lowest BCUT2D eigenvalue weighted by Crippen LogP contribution is -2.31. The fourth-order valence-electron chi connectivity index (χ4n) is 0.751. The van der Waals surface area contributed by atoms with Crippen molar-refractivity contribution < 1.29 is 14.8 Å². The molecule has 0 aliphatic rings. The molecule has 1 rings (SSSR count). The van der Waals surface area contributed by atoms with Crippen LogP contribution in [0, 0.1) is 10.1 Å². The van der Waals surface area contributed by atoms with Crippen LogP contribution in [-0.4, -0.2) is 16.1 Å². The van der Waals surface area contributed by atoms with Gasteiger partial charge in [-0.05, 0) is 18.4 Å². The van der Waals surface area contributed by atoms with E-state index in [9.17, 15) is 20.0 Å². The van der Waals surface area contributed by atoms with Gasteiger partial charge in [0.2, 0.25) is 0 Å². The van der Waals surface area contributed by atoms with Crippen molar-refractivity contribution in [1.29, 1.82) is 0 Å².